The number of nitriles is 1. The van der Waals surface area contributed by atoms with Gasteiger partial charge in [-0.15, -0.1) is 0 Å². The van der Waals surface area contributed by atoms with Crippen LogP contribution in [0.5, 0.6) is 11.5 Å². The number of nitrogens with zero attached hydrogens (tertiary/aromatic N) is 4. The zero-order valence-corrected chi connectivity index (χ0v) is 16.2. The summed E-state index contributed by atoms with van der Waals surface area (Å²) in [4.78, 5) is 17.0. The fourth-order valence-electron chi connectivity index (χ4n) is 2.96. The summed E-state index contributed by atoms with van der Waals surface area (Å²) in [5, 5.41) is 16.6. The Morgan fingerprint density at radius 3 is 2.81 bits per heavy atom. The Hall–Kier alpha value is -3.84. The van der Waals surface area contributed by atoms with Gasteiger partial charge in [0.05, 0.1) is 22.8 Å². The second-order valence-electron chi connectivity index (χ2n) is 6.41. The van der Waals surface area contributed by atoms with Gasteiger partial charge in [-0.25, -0.2) is 4.98 Å². The molecule has 0 spiro atoms. The molecule has 0 saturated heterocycles. The number of alkyl halides is 3. The largest absolute Gasteiger partial charge is 0.451 e. The Balaban J connectivity index is 1.79. The quantitative estimate of drug-likeness (QED) is 0.498. The molecule has 0 bridgehead atoms. The van der Waals surface area contributed by atoms with Crippen LogP contribution in [0.15, 0.2) is 53.6 Å². The summed E-state index contributed by atoms with van der Waals surface area (Å²) in [5.74, 6) is -1.05. The van der Waals surface area contributed by atoms with E-state index in [1.165, 1.54) is 12.1 Å². The van der Waals surface area contributed by atoms with Crippen LogP contribution in [0.4, 0.5) is 13.2 Å². The number of aromatic amines is 1. The number of aromatic nitrogens is 4. The number of hydrogen-bond acceptors (Lipinski definition) is 5. The first-order valence-corrected chi connectivity index (χ1v) is 9.12. The molecule has 0 saturated carbocycles. The van der Waals surface area contributed by atoms with Gasteiger partial charge in [0, 0.05) is 23.8 Å². The summed E-state index contributed by atoms with van der Waals surface area (Å²) in [5.41, 5.74) is -1.34. The molecule has 3 heterocycles. The lowest BCUT2D eigenvalue weighted by atomic mass is 10.2. The topological polar surface area (TPSA) is 96.6 Å². The van der Waals surface area contributed by atoms with Crippen LogP contribution < -0.4 is 10.3 Å². The summed E-state index contributed by atoms with van der Waals surface area (Å²) in [6.45, 7) is -0.108. The van der Waals surface area contributed by atoms with Gasteiger partial charge in [-0.1, -0.05) is 11.6 Å². The van der Waals surface area contributed by atoms with Crippen molar-refractivity contribution in [3.8, 4) is 17.6 Å². The molecule has 0 atom stereocenters. The first-order chi connectivity index (χ1) is 14.8. The Morgan fingerprint density at radius 2 is 2.06 bits per heavy atom. The molecule has 31 heavy (non-hydrogen) atoms. The summed E-state index contributed by atoms with van der Waals surface area (Å²) >= 11 is 5.85. The van der Waals surface area contributed by atoms with E-state index >= 15 is 0 Å². The highest BCUT2D eigenvalue weighted by Gasteiger charge is 2.36. The van der Waals surface area contributed by atoms with E-state index in [0.717, 1.165) is 22.9 Å². The van der Waals surface area contributed by atoms with Crippen molar-refractivity contribution in [1.29, 1.82) is 5.26 Å². The van der Waals surface area contributed by atoms with Gasteiger partial charge in [-0.3, -0.25) is 9.89 Å². The average molecular weight is 446 g/mol. The lowest BCUT2D eigenvalue weighted by molar-refractivity contribution is -0.138. The Morgan fingerprint density at radius 1 is 1.26 bits per heavy atom. The summed E-state index contributed by atoms with van der Waals surface area (Å²) in [6.07, 6.45) is -2.25. The van der Waals surface area contributed by atoms with Crippen molar-refractivity contribution in [3.05, 3.63) is 81.0 Å². The number of hydrogen-bond donors (Lipinski definition) is 1. The van der Waals surface area contributed by atoms with Crippen molar-refractivity contribution >= 4 is 22.6 Å². The zero-order chi connectivity index (χ0) is 22.2. The van der Waals surface area contributed by atoms with Gasteiger partial charge in [-0.2, -0.15) is 23.5 Å². The van der Waals surface area contributed by atoms with E-state index < -0.39 is 23.0 Å². The van der Waals surface area contributed by atoms with Gasteiger partial charge in [0.25, 0.3) is 5.56 Å². The van der Waals surface area contributed by atoms with Crippen LogP contribution in [0.2, 0.25) is 5.02 Å². The fourth-order valence-corrected chi connectivity index (χ4v) is 3.12. The van der Waals surface area contributed by atoms with Crippen molar-refractivity contribution in [2.75, 3.05) is 0 Å². The summed E-state index contributed by atoms with van der Waals surface area (Å²) in [6, 6.07) is 9.69. The molecule has 4 aromatic rings. The fraction of sp³-hybridized carbons (Fsp3) is 0.100. The number of benzene rings is 1. The minimum Gasteiger partial charge on any atom is -0.451 e. The third-order valence-corrected chi connectivity index (χ3v) is 4.77. The van der Waals surface area contributed by atoms with Crippen LogP contribution in [0.3, 0.4) is 0 Å². The molecule has 0 amide bonds. The lowest BCUT2D eigenvalue weighted by Crippen LogP contribution is -2.25. The number of pyridine rings is 2. The molecule has 156 valence electrons. The van der Waals surface area contributed by atoms with Gasteiger partial charge in [0.2, 0.25) is 5.75 Å². The highest BCUT2D eigenvalue weighted by atomic mass is 35.5. The Labute approximate surface area is 177 Å². The monoisotopic (exact) mass is 445 g/mol. The molecule has 4 rings (SSSR count). The SMILES string of the molecule is N#Cc1cc(Oc2c(C(F)(F)F)ccn(Cc3n[nH]c4ncccc34)c2=O)ccc1Cl. The van der Waals surface area contributed by atoms with E-state index in [4.69, 9.17) is 21.6 Å². The minimum atomic E-state index is -4.83. The predicted octanol–water partition coefficient (Wildman–Crippen LogP) is 4.50. The summed E-state index contributed by atoms with van der Waals surface area (Å²) < 4.78 is 47.0. The third-order valence-electron chi connectivity index (χ3n) is 4.44. The molecule has 7 nitrogen and oxygen atoms in total. The molecular formula is C20H11ClF3N5O2. The smallest absolute Gasteiger partial charge is 0.420 e. The highest BCUT2D eigenvalue weighted by molar-refractivity contribution is 6.31. The Bertz CT molecular complexity index is 1390. The molecule has 3 aromatic heterocycles. The number of halogens is 4. The van der Waals surface area contributed by atoms with Crippen LogP contribution in [0.1, 0.15) is 16.8 Å². The van der Waals surface area contributed by atoms with Crippen LogP contribution in [0, 0.1) is 11.3 Å². The average Bonchev–Trinajstić information content (AvgIpc) is 3.14. The standard InChI is InChI=1S/C20H11ClF3N5O2/c21-15-4-3-12(8-11(15)9-25)31-17-14(20(22,23)24)5-7-29(19(17)30)10-16-13-2-1-6-26-18(13)28-27-16/h1-8H,10H2,(H,26,27,28). The third kappa shape index (κ3) is 3.95. The van der Waals surface area contributed by atoms with E-state index in [0.29, 0.717) is 16.7 Å². The van der Waals surface area contributed by atoms with Crippen molar-refractivity contribution in [2.45, 2.75) is 12.7 Å². The summed E-state index contributed by atoms with van der Waals surface area (Å²) in [7, 11) is 0. The van der Waals surface area contributed by atoms with Crippen LogP contribution in [0.25, 0.3) is 11.0 Å². The molecule has 0 aliphatic heterocycles. The van der Waals surface area contributed by atoms with Crippen LogP contribution >= 0.6 is 11.6 Å². The van der Waals surface area contributed by atoms with Crippen molar-refractivity contribution in [1.82, 2.24) is 19.7 Å². The van der Waals surface area contributed by atoms with Gasteiger partial charge in [-0.05, 0) is 30.3 Å². The zero-order valence-electron chi connectivity index (χ0n) is 15.4. The number of nitrogens with one attached hydrogen (secondary N) is 1. The Kier molecular flexibility index (Phi) is 5.12. The molecule has 0 aliphatic carbocycles. The van der Waals surface area contributed by atoms with Crippen molar-refractivity contribution < 1.29 is 17.9 Å². The maximum atomic E-state index is 13.5. The second kappa shape index (κ2) is 7.77. The normalized spacial score (nSPS) is 11.5. The molecule has 11 heteroatoms. The number of H-pyrrole nitrogens is 1. The molecular weight excluding hydrogens is 435 g/mol. The van der Waals surface area contributed by atoms with Gasteiger partial charge in [0.15, 0.2) is 5.65 Å². The van der Waals surface area contributed by atoms with Crippen LogP contribution in [-0.4, -0.2) is 19.7 Å². The van der Waals surface area contributed by atoms with Crippen molar-refractivity contribution in [2.24, 2.45) is 0 Å². The first kappa shape index (κ1) is 20.4. The van der Waals surface area contributed by atoms with E-state index in [1.807, 2.05) is 0 Å². The van der Waals surface area contributed by atoms with Gasteiger partial charge < -0.3 is 9.30 Å². The van der Waals surface area contributed by atoms with Crippen LogP contribution in [-0.2, 0) is 12.7 Å². The first-order valence-electron chi connectivity index (χ1n) is 8.74. The lowest BCUT2D eigenvalue weighted by Gasteiger charge is -2.15. The maximum absolute atomic E-state index is 13.5. The molecule has 0 aliphatic rings. The van der Waals surface area contributed by atoms with Crippen molar-refractivity contribution in [3.63, 3.8) is 0 Å². The van der Waals surface area contributed by atoms with E-state index in [2.05, 4.69) is 15.2 Å². The highest BCUT2D eigenvalue weighted by Crippen LogP contribution is 2.36. The maximum Gasteiger partial charge on any atom is 0.420 e. The van der Waals surface area contributed by atoms with E-state index in [1.54, 1.807) is 24.4 Å². The second-order valence-corrected chi connectivity index (χ2v) is 6.82. The van der Waals surface area contributed by atoms with Gasteiger partial charge in [0.1, 0.15) is 17.4 Å². The number of ether oxygens (including phenoxy) is 1. The molecule has 0 fully saturated rings. The minimum absolute atomic E-state index is 0.000487. The van der Waals surface area contributed by atoms with E-state index in [9.17, 15) is 18.0 Å². The number of fused-ring (bicyclic) bond motifs is 1. The molecule has 0 unspecified atom stereocenters. The van der Waals surface area contributed by atoms with Gasteiger partial charge >= 0.3 is 6.18 Å². The number of rotatable bonds is 4. The molecule has 1 aromatic carbocycles. The van der Waals surface area contributed by atoms with E-state index in [-0.39, 0.29) is 22.9 Å². The molecule has 1 N–H and O–H groups in total. The predicted molar refractivity (Wildman–Crippen MR) is 105 cm³/mol. The molecule has 0 radical (unpaired) electrons.